The molecular weight excluding hydrogens is 368 g/mol. The van der Waals surface area contributed by atoms with E-state index in [0.29, 0.717) is 6.17 Å². The van der Waals surface area contributed by atoms with E-state index in [0.717, 1.165) is 17.6 Å². The third-order valence-corrected chi connectivity index (χ3v) is 6.88. The second kappa shape index (κ2) is 18.9. The molecule has 1 aliphatic rings. The standard InChI is InChI=1S/C27H53N2O/c1-3-5-6-7-8-9-10-11-12-13-14-15-16-17-18-19-20-21-22-27-28-23-24-29(27,4-2)25-26-30/h15-16,23-24,27-28,30H,3-14,17-22,25-26H2,1-2H3/q+1/b16-15+. The lowest BCUT2D eigenvalue weighted by atomic mass is 10.1. The summed E-state index contributed by atoms with van der Waals surface area (Å²) in [6, 6.07) is 0. The number of nitrogens with one attached hydrogen (secondary N) is 1. The predicted molar refractivity (Wildman–Crippen MR) is 132 cm³/mol. The fraction of sp³-hybridized carbons (Fsp3) is 0.852. The first-order chi connectivity index (χ1) is 14.8. The van der Waals surface area contributed by atoms with Crippen molar-refractivity contribution >= 4 is 0 Å². The zero-order valence-electron chi connectivity index (χ0n) is 20.4. The van der Waals surface area contributed by atoms with Gasteiger partial charge >= 0.3 is 0 Å². The molecule has 0 bridgehead atoms. The fourth-order valence-corrected chi connectivity index (χ4v) is 4.73. The molecule has 0 aromatic carbocycles. The van der Waals surface area contributed by atoms with Gasteiger partial charge in [0.25, 0.3) is 0 Å². The van der Waals surface area contributed by atoms with Crippen molar-refractivity contribution in [3.63, 3.8) is 0 Å². The molecule has 2 N–H and O–H groups in total. The molecule has 176 valence electrons. The minimum Gasteiger partial charge on any atom is -0.390 e. The smallest absolute Gasteiger partial charge is 0.166 e. The highest BCUT2D eigenvalue weighted by Gasteiger charge is 2.35. The summed E-state index contributed by atoms with van der Waals surface area (Å²) in [5, 5.41) is 12.9. The first-order valence-corrected chi connectivity index (χ1v) is 13.3. The molecule has 0 fully saturated rings. The number of hydrogen-bond acceptors (Lipinski definition) is 2. The van der Waals surface area contributed by atoms with Crippen LogP contribution in [-0.2, 0) is 0 Å². The number of likely N-dealkylation sites (N-methyl/N-ethyl adjacent to an activating group) is 1. The summed E-state index contributed by atoms with van der Waals surface area (Å²) in [5.41, 5.74) is 0. The minimum atomic E-state index is 0.266. The molecular formula is C27H53N2O+. The van der Waals surface area contributed by atoms with Crippen molar-refractivity contribution in [1.82, 2.24) is 5.32 Å². The van der Waals surface area contributed by atoms with E-state index >= 15 is 0 Å². The van der Waals surface area contributed by atoms with Crippen LogP contribution in [0.5, 0.6) is 0 Å². The molecule has 0 spiro atoms. The van der Waals surface area contributed by atoms with Crippen LogP contribution < -0.4 is 5.32 Å². The average Bonchev–Trinajstić information content (AvgIpc) is 3.16. The Morgan fingerprint density at radius 3 is 1.83 bits per heavy atom. The summed E-state index contributed by atoms with van der Waals surface area (Å²) in [6.45, 7) is 6.66. The summed E-state index contributed by atoms with van der Waals surface area (Å²) in [6.07, 6.45) is 32.9. The van der Waals surface area contributed by atoms with Crippen LogP contribution in [0.25, 0.3) is 0 Å². The number of aliphatic hydroxyl groups excluding tert-OH is 1. The summed E-state index contributed by atoms with van der Waals surface area (Å²) in [4.78, 5) is 0. The van der Waals surface area contributed by atoms with Crippen LogP contribution in [-0.4, -0.2) is 35.5 Å². The molecule has 0 aromatic rings. The normalized spacial score (nSPS) is 21.0. The summed E-state index contributed by atoms with van der Waals surface area (Å²) < 4.78 is 0.901. The Balaban J connectivity index is 1.86. The lowest BCUT2D eigenvalue weighted by Gasteiger charge is -2.36. The lowest BCUT2D eigenvalue weighted by Crippen LogP contribution is -2.54. The number of unbranched alkanes of at least 4 members (excludes halogenated alkanes) is 14. The van der Waals surface area contributed by atoms with E-state index in [1.165, 1.54) is 109 Å². The molecule has 2 atom stereocenters. The number of allylic oxidation sites excluding steroid dienone is 2. The van der Waals surface area contributed by atoms with Gasteiger partial charge in [0.2, 0.25) is 0 Å². The van der Waals surface area contributed by atoms with Crippen molar-refractivity contribution in [3.8, 4) is 0 Å². The van der Waals surface area contributed by atoms with E-state index in [2.05, 4.69) is 43.7 Å². The first-order valence-electron chi connectivity index (χ1n) is 13.3. The van der Waals surface area contributed by atoms with Crippen LogP contribution in [0, 0.1) is 0 Å². The third-order valence-electron chi connectivity index (χ3n) is 6.88. The summed E-state index contributed by atoms with van der Waals surface area (Å²) in [7, 11) is 0. The van der Waals surface area contributed by atoms with Crippen LogP contribution in [0.2, 0.25) is 0 Å². The number of rotatable bonds is 21. The Kier molecular flexibility index (Phi) is 17.2. The SMILES string of the molecule is CCCCCCCCCCCC/C=C/CCCCCCC1NC=C[N+]1(CC)CCO. The monoisotopic (exact) mass is 421 g/mol. The number of aliphatic hydroxyl groups is 1. The lowest BCUT2D eigenvalue weighted by molar-refractivity contribution is -0.900. The molecule has 2 unspecified atom stereocenters. The second-order valence-corrected chi connectivity index (χ2v) is 9.30. The van der Waals surface area contributed by atoms with E-state index < -0.39 is 0 Å². The van der Waals surface area contributed by atoms with Gasteiger partial charge < -0.3 is 10.4 Å². The van der Waals surface area contributed by atoms with E-state index in [1.807, 2.05) is 0 Å². The molecule has 0 amide bonds. The maximum Gasteiger partial charge on any atom is 0.166 e. The zero-order chi connectivity index (χ0) is 21.8. The molecule has 0 aromatic heterocycles. The Morgan fingerprint density at radius 1 is 0.767 bits per heavy atom. The molecule has 0 saturated carbocycles. The van der Waals surface area contributed by atoms with Gasteiger partial charge in [-0.3, -0.25) is 4.48 Å². The maximum absolute atomic E-state index is 9.38. The van der Waals surface area contributed by atoms with Gasteiger partial charge in [0.1, 0.15) is 12.7 Å². The van der Waals surface area contributed by atoms with Crippen molar-refractivity contribution in [2.75, 3.05) is 19.7 Å². The van der Waals surface area contributed by atoms with Gasteiger partial charge in [0.05, 0.1) is 19.4 Å². The van der Waals surface area contributed by atoms with Gasteiger partial charge in [-0.2, -0.15) is 0 Å². The number of nitrogens with zero attached hydrogens (tertiary/aromatic N) is 1. The predicted octanol–water partition coefficient (Wildman–Crippen LogP) is 7.42. The van der Waals surface area contributed by atoms with Crippen LogP contribution in [0.15, 0.2) is 24.6 Å². The molecule has 3 nitrogen and oxygen atoms in total. The minimum absolute atomic E-state index is 0.266. The van der Waals surface area contributed by atoms with E-state index in [-0.39, 0.29) is 6.61 Å². The number of hydrogen-bond donors (Lipinski definition) is 2. The van der Waals surface area contributed by atoms with Gasteiger partial charge in [-0.25, -0.2) is 0 Å². The van der Waals surface area contributed by atoms with Gasteiger partial charge in [-0.1, -0.05) is 89.7 Å². The summed E-state index contributed by atoms with van der Waals surface area (Å²) >= 11 is 0. The zero-order valence-corrected chi connectivity index (χ0v) is 20.4. The van der Waals surface area contributed by atoms with Gasteiger partial charge in [0, 0.05) is 6.42 Å². The molecule has 0 aliphatic carbocycles. The third kappa shape index (κ3) is 12.2. The highest BCUT2D eigenvalue weighted by Crippen LogP contribution is 2.22. The molecule has 0 radical (unpaired) electrons. The highest BCUT2D eigenvalue weighted by atomic mass is 16.3. The Morgan fingerprint density at radius 2 is 1.30 bits per heavy atom. The molecule has 1 rings (SSSR count). The first kappa shape index (κ1) is 27.2. The van der Waals surface area contributed by atoms with Gasteiger partial charge in [0.15, 0.2) is 6.17 Å². The Hall–Kier alpha value is -0.800. The second-order valence-electron chi connectivity index (χ2n) is 9.30. The molecule has 0 saturated heterocycles. The molecule has 1 aliphatic heterocycles. The quantitative estimate of drug-likeness (QED) is 0.115. The van der Waals surface area contributed by atoms with Gasteiger partial charge in [-0.15, -0.1) is 0 Å². The van der Waals surface area contributed by atoms with Crippen LogP contribution in [0.3, 0.4) is 0 Å². The molecule has 3 heteroatoms. The van der Waals surface area contributed by atoms with Crippen molar-refractivity contribution in [3.05, 3.63) is 24.6 Å². The van der Waals surface area contributed by atoms with E-state index in [1.54, 1.807) is 0 Å². The maximum atomic E-state index is 9.38. The van der Waals surface area contributed by atoms with E-state index in [9.17, 15) is 5.11 Å². The Labute approximate surface area is 188 Å². The van der Waals surface area contributed by atoms with Crippen LogP contribution >= 0.6 is 0 Å². The van der Waals surface area contributed by atoms with Gasteiger partial charge in [-0.05, 0) is 39.0 Å². The fourth-order valence-electron chi connectivity index (χ4n) is 4.73. The van der Waals surface area contributed by atoms with Crippen LogP contribution in [0.4, 0.5) is 0 Å². The van der Waals surface area contributed by atoms with Crippen molar-refractivity contribution in [2.45, 2.75) is 129 Å². The average molecular weight is 422 g/mol. The van der Waals surface area contributed by atoms with E-state index in [4.69, 9.17) is 0 Å². The topological polar surface area (TPSA) is 32.3 Å². The van der Waals surface area contributed by atoms with Crippen LogP contribution in [0.1, 0.15) is 123 Å². The largest absolute Gasteiger partial charge is 0.390 e. The molecule has 1 heterocycles. The summed E-state index contributed by atoms with van der Waals surface area (Å²) in [5.74, 6) is 0. The Bertz CT molecular complexity index is 435. The van der Waals surface area contributed by atoms with Crippen molar-refractivity contribution < 1.29 is 9.59 Å². The van der Waals surface area contributed by atoms with Crippen molar-refractivity contribution in [1.29, 1.82) is 0 Å². The number of quaternary nitrogens is 1. The highest BCUT2D eigenvalue weighted by molar-refractivity contribution is 4.84. The molecule has 30 heavy (non-hydrogen) atoms. The van der Waals surface area contributed by atoms with Crippen molar-refractivity contribution in [2.24, 2.45) is 0 Å².